The van der Waals surface area contributed by atoms with Crippen LogP contribution >= 0.6 is 15.9 Å². The lowest BCUT2D eigenvalue weighted by Gasteiger charge is -2.48. The van der Waals surface area contributed by atoms with Gasteiger partial charge in [0.15, 0.2) is 5.41 Å². The summed E-state index contributed by atoms with van der Waals surface area (Å²) in [6.45, 7) is 1.69. The van der Waals surface area contributed by atoms with Crippen molar-refractivity contribution >= 4 is 21.8 Å². The van der Waals surface area contributed by atoms with E-state index in [1.807, 2.05) is 24.3 Å². The number of nitrogens with zero attached hydrogens (tertiary/aromatic N) is 4. The highest BCUT2D eigenvalue weighted by molar-refractivity contribution is 9.10. The topological polar surface area (TPSA) is 119 Å². The molecule has 4 unspecified atom stereocenters. The molecule has 0 amide bonds. The highest BCUT2D eigenvalue weighted by atomic mass is 79.9. The smallest absolute Gasteiger partial charge is 0.244 e. The van der Waals surface area contributed by atoms with Gasteiger partial charge in [-0.1, -0.05) is 35.0 Å². The van der Waals surface area contributed by atoms with E-state index in [2.05, 4.69) is 22.0 Å². The molecule has 2 bridgehead atoms. The van der Waals surface area contributed by atoms with Gasteiger partial charge in [-0.25, -0.2) is 0 Å². The molecule has 2 aliphatic rings. The second kappa shape index (κ2) is 6.19. The minimum absolute atomic E-state index is 0.421. The first-order valence-electron chi connectivity index (χ1n) is 8.90. The summed E-state index contributed by atoms with van der Waals surface area (Å²) < 4.78 is 15.0. The highest BCUT2D eigenvalue weighted by Gasteiger charge is 2.80. The summed E-state index contributed by atoms with van der Waals surface area (Å²) in [5.74, 6) is -2.67. The van der Waals surface area contributed by atoms with E-state index in [9.17, 15) is 15.8 Å². The summed E-state index contributed by atoms with van der Waals surface area (Å²) in [5, 5.41) is 39.2. The van der Waals surface area contributed by atoms with Gasteiger partial charge in [0.1, 0.15) is 6.10 Å². The molecular weight excluding hydrogens is 434 g/mol. The van der Waals surface area contributed by atoms with Crippen molar-refractivity contribution in [1.82, 2.24) is 4.57 Å². The fourth-order valence-electron chi connectivity index (χ4n) is 4.56. The molecule has 7 nitrogen and oxygen atoms in total. The maximum atomic E-state index is 10.3. The zero-order valence-electron chi connectivity index (χ0n) is 15.7. The predicted octanol–water partition coefficient (Wildman–Crippen LogP) is 3.90. The van der Waals surface area contributed by atoms with Crippen molar-refractivity contribution in [2.75, 3.05) is 0 Å². The van der Waals surface area contributed by atoms with E-state index in [4.69, 9.17) is 14.9 Å². The largest absolute Gasteiger partial charge is 0.443 e. The third kappa shape index (κ3) is 2.09. The van der Waals surface area contributed by atoms with Crippen molar-refractivity contribution < 1.29 is 9.47 Å². The van der Waals surface area contributed by atoms with Crippen LogP contribution in [-0.2, 0) is 22.3 Å². The van der Waals surface area contributed by atoms with Crippen LogP contribution < -0.4 is 0 Å². The van der Waals surface area contributed by atoms with Gasteiger partial charge in [-0.05, 0) is 24.3 Å². The van der Waals surface area contributed by atoms with Crippen molar-refractivity contribution in [3.05, 3.63) is 58.3 Å². The van der Waals surface area contributed by atoms with Crippen LogP contribution in [0.15, 0.2) is 47.1 Å². The number of aromatic nitrogens is 1. The number of nitriles is 3. The molecular formula is C21H16BrN5O2. The molecule has 0 aliphatic carbocycles. The third-order valence-electron chi connectivity index (χ3n) is 6.17. The molecule has 0 spiro atoms. The van der Waals surface area contributed by atoms with Crippen LogP contribution in [0.2, 0.25) is 0 Å². The first-order chi connectivity index (χ1) is 13.8. The summed E-state index contributed by atoms with van der Waals surface area (Å²) in [5.41, 5.74) is -2.59. The Balaban J connectivity index is 2.05. The quantitative estimate of drug-likeness (QED) is 0.745. The van der Waals surface area contributed by atoms with E-state index in [1.165, 1.54) is 0 Å². The van der Waals surface area contributed by atoms with Gasteiger partial charge >= 0.3 is 0 Å². The monoisotopic (exact) mass is 449 g/mol. The van der Waals surface area contributed by atoms with Crippen molar-refractivity contribution in [2.24, 2.45) is 23.8 Å². The molecule has 144 valence electrons. The lowest BCUT2D eigenvalue weighted by Crippen LogP contribution is -2.57. The van der Waals surface area contributed by atoms with Gasteiger partial charge in [-0.15, -0.1) is 0 Å². The van der Waals surface area contributed by atoms with Crippen LogP contribution in [0.5, 0.6) is 0 Å². The van der Waals surface area contributed by atoms with Crippen LogP contribution in [-0.4, -0.2) is 10.5 Å². The molecule has 2 aromatic rings. The molecule has 1 aromatic heterocycles. The van der Waals surface area contributed by atoms with Crippen LogP contribution in [0.25, 0.3) is 0 Å². The van der Waals surface area contributed by atoms with Crippen LogP contribution in [0, 0.1) is 56.2 Å². The van der Waals surface area contributed by atoms with Gasteiger partial charge in [-0.2, -0.15) is 15.8 Å². The Bertz CT molecular complexity index is 1120. The number of benzene rings is 1. The van der Waals surface area contributed by atoms with Gasteiger partial charge < -0.3 is 14.0 Å². The number of nitrogens with one attached hydrogen (secondary N) is 1. The second-order valence-electron chi connectivity index (χ2n) is 7.32. The maximum Gasteiger partial charge on any atom is 0.244 e. The minimum atomic E-state index is -1.96. The molecule has 1 aromatic carbocycles. The predicted molar refractivity (Wildman–Crippen MR) is 105 cm³/mol. The molecule has 3 heterocycles. The number of halogens is 1. The van der Waals surface area contributed by atoms with Crippen molar-refractivity contribution in [3.63, 3.8) is 0 Å². The van der Waals surface area contributed by atoms with Crippen molar-refractivity contribution in [3.8, 4) is 18.2 Å². The van der Waals surface area contributed by atoms with E-state index < -0.39 is 34.5 Å². The summed E-state index contributed by atoms with van der Waals surface area (Å²) in [6, 6.07) is 16.9. The Morgan fingerprint density at radius 3 is 2.28 bits per heavy atom. The fraction of sp³-hybridized carbons (Fsp3) is 0.333. The molecule has 2 fully saturated rings. The van der Waals surface area contributed by atoms with Gasteiger partial charge in [0.05, 0.1) is 24.1 Å². The number of aryl methyl sites for hydroxylation is 1. The van der Waals surface area contributed by atoms with E-state index in [0.717, 1.165) is 4.47 Å². The standard InChI is InChI=1S/C21H16BrN5O2/c1-13-20(12-25)18(26)29-21(13,14-5-7-15(22)8-6-14)28-17(19(20,10-23)11-24)16-4-3-9-27(16)2/h3-9,13,17,26H,1-2H3. The second-order valence-corrected chi connectivity index (χ2v) is 8.24. The van der Waals surface area contributed by atoms with Gasteiger partial charge in [0.2, 0.25) is 17.1 Å². The molecule has 2 saturated heterocycles. The average molecular weight is 450 g/mol. The number of ether oxygens (including phenoxy) is 2. The van der Waals surface area contributed by atoms with Crippen LogP contribution in [0.1, 0.15) is 24.3 Å². The fourth-order valence-corrected chi connectivity index (χ4v) is 4.83. The zero-order valence-corrected chi connectivity index (χ0v) is 17.3. The Morgan fingerprint density at radius 2 is 1.76 bits per heavy atom. The molecule has 4 rings (SSSR count). The number of fused-ring (bicyclic) bond motifs is 2. The zero-order chi connectivity index (χ0) is 21.0. The van der Waals surface area contributed by atoms with Crippen molar-refractivity contribution in [2.45, 2.75) is 18.8 Å². The number of hydrogen-bond acceptors (Lipinski definition) is 6. The van der Waals surface area contributed by atoms with E-state index >= 15 is 0 Å². The Hall–Kier alpha value is -3.12. The molecule has 4 atom stereocenters. The SMILES string of the molecule is CC1C2(c3ccc(Br)cc3)OC(=N)C1(C#N)C(C#N)(C#N)C(c1cccn1C)O2. The van der Waals surface area contributed by atoms with Gasteiger partial charge in [0, 0.05) is 29.0 Å². The lowest BCUT2D eigenvalue weighted by molar-refractivity contribution is -0.289. The third-order valence-corrected chi connectivity index (χ3v) is 6.70. The highest BCUT2D eigenvalue weighted by Crippen LogP contribution is 2.68. The summed E-state index contributed by atoms with van der Waals surface area (Å²) in [6.07, 6.45) is 0.676. The molecule has 0 radical (unpaired) electrons. The molecule has 2 aliphatic heterocycles. The lowest BCUT2D eigenvalue weighted by atomic mass is 9.54. The Morgan fingerprint density at radius 1 is 1.10 bits per heavy atom. The van der Waals surface area contributed by atoms with Crippen LogP contribution in [0.3, 0.4) is 0 Å². The number of rotatable bonds is 2. The summed E-state index contributed by atoms with van der Waals surface area (Å²) >= 11 is 3.40. The average Bonchev–Trinajstić information content (AvgIpc) is 3.20. The van der Waals surface area contributed by atoms with Gasteiger partial charge in [0.25, 0.3) is 0 Å². The molecule has 1 N–H and O–H groups in total. The van der Waals surface area contributed by atoms with E-state index in [0.29, 0.717) is 11.3 Å². The first-order valence-corrected chi connectivity index (χ1v) is 9.69. The van der Waals surface area contributed by atoms with Crippen molar-refractivity contribution in [1.29, 1.82) is 21.2 Å². The summed E-state index contributed by atoms with van der Waals surface area (Å²) in [7, 11) is 1.77. The van der Waals surface area contributed by atoms with E-state index in [-0.39, 0.29) is 0 Å². The molecule has 8 heteroatoms. The van der Waals surface area contributed by atoms with Crippen LogP contribution in [0.4, 0.5) is 0 Å². The Kier molecular flexibility index (Phi) is 4.10. The molecule has 0 saturated carbocycles. The van der Waals surface area contributed by atoms with E-state index in [1.54, 1.807) is 49.0 Å². The summed E-state index contributed by atoms with van der Waals surface area (Å²) in [4.78, 5) is 0. The maximum absolute atomic E-state index is 10.3. The number of hydrogen-bond donors (Lipinski definition) is 1. The normalized spacial score (nSPS) is 31.9. The van der Waals surface area contributed by atoms with Gasteiger partial charge in [-0.3, -0.25) is 5.41 Å². The first kappa shape index (κ1) is 19.2. The Labute approximate surface area is 176 Å². The molecule has 29 heavy (non-hydrogen) atoms. The minimum Gasteiger partial charge on any atom is -0.443 e.